The van der Waals surface area contributed by atoms with Crippen molar-refractivity contribution in [3.8, 4) is 0 Å². The van der Waals surface area contributed by atoms with E-state index in [1.165, 1.54) is 16.6 Å². The molecular weight excluding hydrogens is 301 g/mol. The first-order chi connectivity index (χ1) is 7.22. The van der Waals surface area contributed by atoms with Crippen molar-refractivity contribution in [3.63, 3.8) is 0 Å². The zero-order chi connectivity index (χ0) is 10.8. The van der Waals surface area contributed by atoms with Gasteiger partial charge in [0.1, 0.15) is 0 Å². The van der Waals surface area contributed by atoms with Gasteiger partial charge in [0.25, 0.3) is 0 Å². The summed E-state index contributed by atoms with van der Waals surface area (Å²) in [6, 6.07) is 10.7. The van der Waals surface area contributed by atoms with Crippen LogP contribution in [0.5, 0.6) is 0 Å². The van der Waals surface area contributed by atoms with Crippen molar-refractivity contribution in [1.82, 2.24) is 13.2 Å². The maximum Gasteiger partial charge on any atom is 0.0643 e. The van der Waals surface area contributed by atoms with Gasteiger partial charge in [0.15, 0.2) is 0 Å². The highest BCUT2D eigenvalue weighted by Gasteiger charge is 2.07. The number of nitrogens with one attached hydrogen (secondary N) is 1. The van der Waals surface area contributed by atoms with Crippen LogP contribution >= 0.6 is 22.9 Å². The number of hydrazine groups is 1. The van der Waals surface area contributed by atoms with E-state index in [0.717, 1.165) is 6.54 Å². The van der Waals surface area contributed by atoms with Crippen LogP contribution in [0.1, 0.15) is 5.69 Å². The first kappa shape index (κ1) is 10.9. The van der Waals surface area contributed by atoms with Crippen LogP contribution in [-0.4, -0.2) is 21.9 Å². The first-order valence-electron chi connectivity index (χ1n) is 4.86. The largest absolute Gasteiger partial charge is 0.285 e. The Morgan fingerprint density at radius 1 is 1.40 bits per heavy atom. The molecule has 0 atom stereocenters. The number of rotatable bonds is 3. The van der Waals surface area contributed by atoms with E-state index in [-0.39, 0.29) is 0 Å². The van der Waals surface area contributed by atoms with E-state index in [9.17, 15) is 0 Å². The van der Waals surface area contributed by atoms with Gasteiger partial charge in [-0.25, -0.2) is 5.01 Å². The lowest BCUT2D eigenvalue weighted by Gasteiger charge is -2.14. The Kier molecular flexibility index (Phi) is 3.28. The summed E-state index contributed by atoms with van der Waals surface area (Å²) in [5, 5.41) is 3.36. The predicted molar refractivity (Wildman–Crippen MR) is 71.9 cm³/mol. The summed E-state index contributed by atoms with van der Waals surface area (Å²) in [6.07, 6.45) is 0. The van der Waals surface area contributed by atoms with E-state index in [1.807, 2.05) is 14.1 Å². The Morgan fingerprint density at radius 3 is 2.80 bits per heavy atom. The molecule has 1 aromatic carbocycles. The van der Waals surface area contributed by atoms with Crippen LogP contribution in [0.25, 0.3) is 10.9 Å². The standard InChI is InChI=1S/C11H14IN3/c1-13-14(2)8-10-7-9-5-3-4-6-11(9)15(10)12/h3-7,13H,8H2,1-2H3. The van der Waals surface area contributed by atoms with Gasteiger partial charge >= 0.3 is 0 Å². The van der Waals surface area contributed by atoms with Gasteiger partial charge in [-0.15, -0.1) is 0 Å². The van der Waals surface area contributed by atoms with Crippen molar-refractivity contribution in [1.29, 1.82) is 0 Å². The molecule has 4 heteroatoms. The lowest BCUT2D eigenvalue weighted by atomic mass is 10.2. The smallest absolute Gasteiger partial charge is 0.0643 e. The lowest BCUT2D eigenvalue weighted by molar-refractivity contribution is 0.249. The molecule has 80 valence electrons. The molecule has 0 spiro atoms. The molecular formula is C11H14IN3. The van der Waals surface area contributed by atoms with Gasteiger partial charge in [0.2, 0.25) is 0 Å². The quantitative estimate of drug-likeness (QED) is 0.693. The highest BCUT2D eigenvalue weighted by atomic mass is 127. The SMILES string of the molecule is CNN(C)Cc1cc2ccccc2n1I. The molecule has 0 aliphatic rings. The molecule has 3 nitrogen and oxygen atoms in total. The number of benzene rings is 1. The second-order valence-corrected chi connectivity index (χ2v) is 4.52. The number of hydrogen-bond acceptors (Lipinski definition) is 2. The molecule has 15 heavy (non-hydrogen) atoms. The van der Waals surface area contributed by atoms with E-state index in [4.69, 9.17) is 0 Å². The van der Waals surface area contributed by atoms with Crippen LogP contribution in [0, 0.1) is 0 Å². The Morgan fingerprint density at radius 2 is 2.13 bits per heavy atom. The summed E-state index contributed by atoms with van der Waals surface area (Å²) in [5.41, 5.74) is 5.68. The Bertz CT molecular complexity index is 464. The highest BCUT2D eigenvalue weighted by molar-refractivity contribution is 14.1. The molecule has 0 fully saturated rings. The van der Waals surface area contributed by atoms with E-state index >= 15 is 0 Å². The Hall–Kier alpha value is -0.590. The number of hydrogen-bond donors (Lipinski definition) is 1. The third-order valence-electron chi connectivity index (χ3n) is 2.50. The molecule has 0 unspecified atom stereocenters. The number of aromatic nitrogens is 1. The van der Waals surface area contributed by atoms with Gasteiger partial charge < -0.3 is 0 Å². The number of halogens is 1. The Labute approximate surface area is 104 Å². The second-order valence-electron chi connectivity index (χ2n) is 3.55. The minimum atomic E-state index is 0.897. The minimum absolute atomic E-state index is 0.897. The van der Waals surface area contributed by atoms with Gasteiger partial charge in [0, 0.05) is 18.1 Å². The zero-order valence-corrected chi connectivity index (χ0v) is 11.0. The van der Waals surface area contributed by atoms with E-state index in [0.29, 0.717) is 0 Å². The molecule has 1 heterocycles. The molecule has 0 aliphatic heterocycles. The van der Waals surface area contributed by atoms with Gasteiger partial charge in [-0.2, -0.15) is 0 Å². The van der Waals surface area contributed by atoms with Crippen LogP contribution in [0.2, 0.25) is 0 Å². The maximum absolute atomic E-state index is 3.10. The van der Waals surface area contributed by atoms with Crippen LogP contribution < -0.4 is 5.43 Å². The topological polar surface area (TPSA) is 20.2 Å². The average Bonchev–Trinajstić information content (AvgIpc) is 2.57. The summed E-state index contributed by atoms with van der Waals surface area (Å²) in [4.78, 5) is 0. The number of nitrogens with zero attached hydrogens (tertiary/aromatic N) is 2. The molecule has 0 bridgehead atoms. The molecule has 0 radical (unpaired) electrons. The third kappa shape index (κ3) is 2.16. The summed E-state index contributed by atoms with van der Waals surface area (Å²) in [6.45, 7) is 0.897. The van der Waals surface area contributed by atoms with Crippen LogP contribution in [0.3, 0.4) is 0 Å². The molecule has 2 rings (SSSR count). The molecule has 0 aliphatic carbocycles. The molecule has 1 N–H and O–H groups in total. The minimum Gasteiger partial charge on any atom is -0.285 e. The van der Waals surface area contributed by atoms with Crippen molar-refractivity contribution in [2.24, 2.45) is 0 Å². The molecule has 0 saturated heterocycles. The van der Waals surface area contributed by atoms with Gasteiger partial charge in [-0.3, -0.25) is 8.21 Å². The van der Waals surface area contributed by atoms with E-state index in [1.54, 1.807) is 0 Å². The fourth-order valence-corrected chi connectivity index (χ4v) is 2.34. The Balaban J connectivity index is 2.40. The zero-order valence-electron chi connectivity index (χ0n) is 8.87. The third-order valence-corrected chi connectivity index (χ3v) is 3.64. The molecule has 2 aromatic rings. The molecule has 0 amide bonds. The molecule has 1 aromatic heterocycles. The first-order valence-corrected chi connectivity index (χ1v) is 5.83. The van der Waals surface area contributed by atoms with Crippen LogP contribution in [-0.2, 0) is 6.54 Å². The molecule has 0 saturated carbocycles. The van der Waals surface area contributed by atoms with E-state index < -0.39 is 0 Å². The lowest BCUT2D eigenvalue weighted by Crippen LogP contribution is -2.30. The maximum atomic E-state index is 3.10. The highest BCUT2D eigenvalue weighted by Crippen LogP contribution is 2.22. The average molecular weight is 315 g/mol. The fraction of sp³-hybridized carbons (Fsp3) is 0.273. The van der Waals surface area contributed by atoms with Gasteiger partial charge in [0.05, 0.1) is 34.9 Å². The fourth-order valence-electron chi connectivity index (χ4n) is 1.61. The van der Waals surface area contributed by atoms with Crippen molar-refractivity contribution in [2.45, 2.75) is 6.54 Å². The van der Waals surface area contributed by atoms with Crippen molar-refractivity contribution < 1.29 is 0 Å². The van der Waals surface area contributed by atoms with E-state index in [2.05, 4.69) is 66.4 Å². The number of para-hydroxylation sites is 1. The van der Waals surface area contributed by atoms with Gasteiger partial charge in [-0.1, -0.05) is 18.2 Å². The van der Waals surface area contributed by atoms with Crippen molar-refractivity contribution in [3.05, 3.63) is 36.0 Å². The number of fused-ring (bicyclic) bond motifs is 1. The second kappa shape index (κ2) is 4.51. The monoisotopic (exact) mass is 315 g/mol. The summed E-state index contributed by atoms with van der Waals surface area (Å²) in [7, 11) is 3.97. The summed E-state index contributed by atoms with van der Waals surface area (Å²) >= 11 is 2.35. The van der Waals surface area contributed by atoms with Crippen LogP contribution in [0.15, 0.2) is 30.3 Å². The van der Waals surface area contributed by atoms with Crippen molar-refractivity contribution >= 4 is 33.8 Å². The van der Waals surface area contributed by atoms with Crippen LogP contribution in [0.4, 0.5) is 0 Å². The summed E-state index contributed by atoms with van der Waals surface area (Å²) < 4.78 is 2.21. The normalized spacial score (nSPS) is 11.5. The van der Waals surface area contributed by atoms with Crippen molar-refractivity contribution in [2.75, 3.05) is 14.1 Å². The predicted octanol–water partition coefficient (Wildman–Crippen LogP) is 2.41. The van der Waals surface area contributed by atoms with Gasteiger partial charge in [-0.05, 0) is 19.2 Å². The summed E-state index contributed by atoms with van der Waals surface area (Å²) in [5.74, 6) is 0.